The first-order valence-electron chi connectivity index (χ1n) is 7.47. The topological polar surface area (TPSA) is 48.1 Å². The summed E-state index contributed by atoms with van der Waals surface area (Å²) in [5, 5.41) is 0. The lowest BCUT2D eigenvalue weighted by Crippen LogP contribution is -2.26. The molecule has 1 aromatic carbocycles. The predicted octanol–water partition coefficient (Wildman–Crippen LogP) is 3.79. The maximum absolute atomic E-state index is 14.4. The molecule has 0 radical (unpaired) electrons. The Hall–Kier alpha value is -2.43. The molecule has 0 unspecified atom stereocenters. The molecular formula is C18H18F2N2O. The minimum atomic E-state index is -0.580. The lowest BCUT2D eigenvalue weighted by Gasteiger charge is -2.26. The molecule has 120 valence electrons. The molecule has 23 heavy (non-hydrogen) atoms. The second kappa shape index (κ2) is 5.99. The number of ether oxygens (including phenoxy) is 1. The van der Waals surface area contributed by atoms with Crippen molar-refractivity contribution in [1.29, 1.82) is 0 Å². The summed E-state index contributed by atoms with van der Waals surface area (Å²) in [6.45, 7) is 4.93. The van der Waals surface area contributed by atoms with Gasteiger partial charge in [-0.05, 0) is 43.0 Å². The van der Waals surface area contributed by atoms with Gasteiger partial charge in [-0.3, -0.25) is 0 Å². The molecule has 0 aliphatic carbocycles. The van der Waals surface area contributed by atoms with E-state index in [2.05, 4.69) is 11.6 Å². The number of halogens is 2. The van der Waals surface area contributed by atoms with E-state index in [1.165, 1.54) is 6.07 Å². The minimum Gasteiger partial charge on any atom is -0.471 e. The zero-order valence-corrected chi connectivity index (χ0v) is 12.9. The zero-order chi connectivity index (χ0) is 16.6. The summed E-state index contributed by atoms with van der Waals surface area (Å²) in [7, 11) is 0. The number of aromatic nitrogens is 1. The summed E-state index contributed by atoms with van der Waals surface area (Å²) in [5.74, 6) is -0.00225. The van der Waals surface area contributed by atoms with Crippen molar-refractivity contribution in [3.63, 3.8) is 0 Å². The lowest BCUT2D eigenvalue weighted by molar-refractivity contribution is 0.134. The Kier molecular flexibility index (Phi) is 4.03. The van der Waals surface area contributed by atoms with Crippen molar-refractivity contribution in [3.05, 3.63) is 53.5 Å². The van der Waals surface area contributed by atoms with Gasteiger partial charge in [0, 0.05) is 11.1 Å². The van der Waals surface area contributed by atoms with E-state index in [-0.39, 0.29) is 11.5 Å². The van der Waals surface area contributed by atoms with E-state index in [4.69, 9.17) is 10.5 Å². The average Bonchev–Trinajstić information content (AvgIpc) is 2.53. The summed E-state index contributed by atoms with van der Waals surface area (Å²) in [4.78, 5) is 4.31. The fourth-order valence-corrected chi connectivity index (χ4v) is 2.76. The number of nitrogens with two attached hydrogens (primary N) is 1. The van der Waals surface area contributed by atoms with E-state index in [9.17, 15) is 8.78 Å². The van der Waals surface area contributed by atoms with E-state index in [0.717, 1.165) is 11.1 Å². The van der Waals surface area contributed by atoms with Crippen LogP contribution in [0.2, 0.25) is 0 Å². The van der Waals surface area contributed by atoms with Gasteiger partial charge in [-0.25, -0.2) is 13.8 Å². The van der Waals surface area contributed by atoms with Crippen molar-refractivity contribution < 1.29 is 13.5 Å². The molecule has 0 fully saturated rings. The van der Waals surface area contributed by atoms with Gasteiger partial charge in [0.1, 0.15) is 18.6 Å². The number of aryl methyl sites for hydroxylation is 1. The molecule has 1 aromatic heterocycles. The smallest absolute Gasteiger partial charge is 0.218 e. The lowest BCUT2D eigenvalue weighted by atomic mass is 9.93. The number of alkyl halides is 1. The minimum absolute atomic E-state index is 0.257. The molecule has 1 aliphatic heterocycles. The molecule has 3 nitrogen and oxygen atoms in total. The van der Waals surface area contributed by atoms with E-state index in [0.29, 0.717) is 35.5 Å². The van der Waals surface area contributed by atoms with Crippen LogP contribution in [0.4, 0.5) is 8.78 Å². The van der Waals surface area contributed by atoms with Gasteiger partial charge in [-0.1, -0.05) is 18.7 Å². The van der Waals surface area contributed by atoms with Crippen molar-refractivity contribution in [2.24, 2.45) is 5.73 Å². The third kappa shape index (κ3) is 2.91. The highest BCUT2D eigenvalue weighted by molar-refractivity contribution is 5.74. The number of fused-ring (bicyclic) bond motifs is 1. The normalized spacial score (nSPS) is 16.6. The van der Waals surface area contributed by atoms with Crippen LogP contribution in [0, 0.1) is 12.7 Å². The molecule has 0 saturated heterocycles. The van der Waals surface area contributed by atoms with Gasteiger partial charge in [0.25, 0.3) is 0 Å². The van der Waals surface area contributed by atoms with Crippen LogP contribution < -0.4 is 10.5 Å². The molecule has 5 heteroatoms. The van der Waals surface area contributed by atoms with E-state index >= 15 is 0 Å². The number of nitrogens with zero attached hydrogens (tertiary/aromatic N) is 1. The molecule has 2 N–H and O–H groups in total. The molecule has 0 saturated carbocycles. The van der Waals surface area contributed by atoms with Gasteiger partial charge in [-0.2, -0.15) is 0 Å². The van der Waals surface area contributed by atoms with Gasteiger partial charge in [0.2, 0.25) is 5.88 Å². The van der Waals surface area contributed by atoms with Crippen LogP contribution in [0.3, 0.4) is 0 Å². The highest BCUT2D eigenvalue weighted by atomic mass is 19.1. The fourth-order valence-electron chi connectivity index (χ4n) is 2.76. The third-order valence-electron chi connectivity index (χ3n) is 4.00. The van der Waals surface area contributed by atoms with Crippen molar-refractivity contribution in [2.75, 3.05) is 6.67 Å². The van der Waals surface area contributed by atoms with Crippen LogP contribution in [0.5, 0.6) is 5.88 Å². The van der Waals surface area contributed by atoms with Crippen LogP contribution in [-0.2, 0) is 6.42 Å². The highest BCUT2D eigenvalue weighted by Crippen LogP contribution is 2.37. The second-order valence-electron chi connectivity index (χ2n) is 5.78. The van der Waals surface area contributed by atoms with E-state index in [1.54, 1.807) is 12.1 Å². The van der Waals surface area contributed by atoms with Crippen LogP contribution in [-0.4, -0.2) is 17.8 Å². The van der Waals surface area contributed by atoms with Gasteiger partial charge in [0.05, 0.1) is 11.4 Å². The fraction of sp³-hybridized carbons (Fsp3) is 0.278. The van der Waals surface area contributed by atoms with Crippen molar-refractivity contribution in [2.45, 2.75) is 25.9 Å². The van der Waals surface area contributed by atoms with Crippen molar-refractivity contribution >= 4 is 5.70 Å². The highest BCUT2D eigenvalue weighted by Gasteiger charge is 2.26. The largest absolute Gasteiger partial charge is 0.471 e. The third-order valence-corrected chi connectivity index (χ3v) is 4.00. The predicted molar refractivity (Wildman–Crippen MR) is 86.3 cm³/mol. The Morgan fingerprint density at radius 3 is 2.83 bits per heavy atom. The standard InChI is InChI=1S/C18H18F2N2O/c1-10-3-5-13(16(20)7-10)15-8-17(11(2)21)22-18-14(15)6-4-12(9-19)23-18/h3,5,7-8,12H,2,4,6,9,21H2,1H3/t12-/m1/s1. The molecule has 3 rings (SSSR count). The number of hydrogen-bond donors (Lipinski definition) is 1. The molecule has 0 bridgehead atoms. The van der Waals surface area contributed by atoms with Gasteiger partial charge in [0.15, 0.2) is 0 Å². The van der Waals surface area contributed by atoms with Gasteiger partial charge < -0.3 is 10.5 Å². The first-order chi connectivity index (χ1) is 11.0. The van der Waals surface area contributed by atoms with Crippen molar-refractivity contribution in [3.8, 4) is 17.0 Å². The Morgan fingerprint density at radius 1 is 1.39 bits per heavy atom. The van der Waals surface area contributed by atoms with Crippen LogP contribution in [0.15, 0.2) is 30.8 Å². The van der Waals surface area contributed by atoms with Gasteiger partial charge >= 0.3 is 0 Å². The van der Waals surface area contributed by atoms with Crippen LogP contribution in [0.1, 0.15) is 23.2 Å². The molecule has 1 aliphatic rings. The molecule has 0 spiro atoms. The molecule has 2 heterocycles. The molecule has 1 atom stereocenters. The second-order valence-corrected chi connectivity index (χ2v) is 5.78. The SMILES string of the molecule is C=C(N)c1cc(-c2ccc(C)cc2F)c2c(n1)O[C@@H](CF)CC2. The zero-order valence-electron chi connectivity index (χ0n) is 12.9. The summed E-state index contributed by atoms with van der Waals surface area (Å²) in [6, 6.07) is 6.77. The quantitative estimate of drug-likeness (QED) is 0.937. The van der Waals surface area contributed by atoms with Gasteiger partial charge in [-0.15, -0.1) is 0 Å². The maximum Gasteiger partial charge on any atom is 0.218 e. The van der Waals surface area contributed by atoms with Crippen LogP contribution in [0.25, 0.3) is 16.8 Å². The van der Waals surface area contributed by atoms with E-state index in [1.807, 2.05) is 13.0 Å². The number of pyridine rings is 1. The summed E-state index contributed by atoms with van der Waals surface area (Å²) in [6.07, 6.45) is 0.595. The van der Waals surface area contributed by atoms with E-state index < -0.39 is 12.8 Å². The number of benzene rings is 1. The molecular weight excluding hydrogens is 298 g/mol. The average molecular weight is 316 g/mol. The Bertz CT molecular complexity index is 774. The summed E-state index contributed by atoms with van der Waals surface area (Å²) >= 11 is 0. The number of rotatable bonds is 3. The van der Waals surface area contributed by atoms with Crippen molar-refractivity contribution in [1.82, 2.24) is 4.98 Å². The Balaban J connectivity index is 2.19. The first kappa shape index (κ1) is 15.5. The Labute approximate surface area is 133 Å². The Morgan fingerprint density at radius 2 is 2.17 bits per heavy atom. The summed E-state index contributed by atoms with van der Waals surface area (Å²) in [5.41, 5.74) is 9.16. The first-order valence-corrected chi connectivity index (χ1v) is 7.47. The number of hydrogen-bond acceptors (Lipinski definition) is 3. The summed E-state index contributed by atoms with van der Waals surface area (Å²) < 4.78 is 32.9. The molecule has 2 aromatic rings. The maximum atomic E-state index is 14.4. The monoisotopic (exact) mass is 316 g/mol. The molecule has 0 amide bonds. The van der Waals surface area contributed by atoms with Crippen LogP contribution >= 0.6 is 0 Å².